The van der Waals surface area contributed by atoms with Crippen molar-refractivity contribution in [2.75, 3.05) is 0 Å². The average Bonchev–Trinajstić information content (AvgIpc) is 2.96. The van der Waals surface area contributed by atoms with Crippen molar-refractivity contribution < 1.29 is 19.4 Å². The van der Waals surface area contributed by atoms with Crippen LogP contribution in [0.1, 0.15) is 12.0 Å². The Morgan fingerprint density at radius 3 is 3.00 bits per heavy atom. The number of benzene rings is 1. The molecule has 1 aliphatic heterocycles. The number of ether oxygens (including phenoxy) is 1. The second kappa shape index (κ2) is 8.78. The predicted octanol–water partition coefficient (Wildman–Crippen LogP) is 3.03. The molecule has 1 saturated heterocycles. The Hall–Kier alpha value is -2.72. The van der Waals surface area contributed by atoms with Crippen LogP contribution in [0.25, 0.3) is 0 Å². The fraction of sp³-hybridized carbons (Fsp3) is 0.118. The van der Waals surface area contributed by atoms with Crippen LogP contribution in [-0.4, -0.2) is 38.6 Å². The minimum atomic E-state index is -1.04. The molecule has 0 saturated carbocycles. The zero-order chi connectivity index (χ0) is 19.2. The molecule has 1 unspecified atom stereocenters. The minimum Gasteiger partial charge on any atom is -0.481 e. The number of aliphatic carboxylic acids is 1. The lowest BCUT2D eigenvalue weighted by Gasteiger charge is -2.04. The number of carbonyl (C=O) groups is 2. The standard InChI is InChI=1S/C17H13BrN4O4S/c18-11-4-5-14(19-9-11)26-12-3-1-2-10(6-12)8-20-22-17-21-16(25)13(27-17)7-15(23)24/h1-6,8-9,13H,7H2,(H,23,24)(H,21,22,25). The van der Waals surface area contributed by atoms with Crippen LogP contribution in [0.4, 0.5) is 0 Å². The highest BCUT2D eigenvalue weighted by Crippen LogP contribution is 2.23. The number of pyridine rings is 1. The van der Waals surface area contributed by atoms with Crippen LogP contribution < -0.4 is 10.1 Å². The Balaban J connectivity index is 1.63. The van der Waals surface area contributed by atoms with Gasteiger partial charge in [-0.15, -0.1) is 5.10 Å². The van der Waals surface area contributed by atoms with Crippen LogP contribution in [0.2, 0.25) is 0 Å². The highest BCUT2D eigenvalue weighted by atomic mass is 79.9. The zero-order valence-electron chi connectivity index (χ0n) is 13.7. The third kappa shape index (κ3) is 5.63. The molecule has 8 nitrogen and oxygen atoms in total. The van der Waals surface area contributed by atoms with Gasteiger partial charge in [0.2, 0.25) is 11.8 Å². The van der Waals surface area contributed by atoms with E-state index in [4.69, 9.17) is 9.84 Å². The van der Waals surface area contributed by atoms with Crippen molar-refractivity contribution in [2.24, 2.45) is 10.2 Å². The van der Waals surface area contributed by atoms with E-state index in [2.05, 4.69) is 36.4 Å². The van der Waals surface area contributed by atoms with Gasteiger partial charge >= 0.3 is 5.97 Å². The molecule has 0 bridgehead atoms. The lowest BCUT2D eigenvalue weighted by atomic mass is 10.2. The smallest absolute Gasteiger partial charge is 0.305 e. The number of nitrogens with one attached hydrogen (secondary N) is 1. The average molecular weight is 449 g/mol. The second-order valence-corrected chi connectivity index (χ2v) is 7.44. The lowest BCUT2D eigenvalue weighted by molar-refractivity contribution is -0.138. The maximum atomic E-state index is 11.6. The quantitative estimate of drug-likeness (QED) is 0.518. The number of hydrogen-bond acceptors (Lipinski definition) is 7. The van der Waals surface area contributed by atoms with Crippen molar-refractivity contribution in [3.8, 4) is 11.6 Å². The van der Waals surface area contributed by atoms with Crippen molar-refractivity contribution in [3.05, 3.63) is 52.6 Å². The minimum absolute atomic E-state index is 0.261. The molecular formula is C17H13BrN4O4S. The normalized spacial score (nSPS) is 18.0. The molecule has 0 aliphatic carbocycles. The Morgan fingerprint density at radius 1 is 1.41 bits per heavy atom. The van der Waals surface area contributed by atoms with Gasteiger partial charge in [-0.25, -0.2) is 4.98 Å². The number of carbonyl (C=O) groups excluding carboxylic acids is 1. The van der Waals surface area contributed by atoms with E-state index in [-0.39, 0.29) is 17.5 Å². The molecule has 0 radical (unpaired) electrons. The van der Waals surface area contributed by atoms with Crippen molar-refractivity contribution in [1.82, 2.24) is 10.3 Å². The van der Waals surface area contributed by atoms with Crippen molar-refractivity contribution in [2.45, 2.75) is 11.7 Å². The molecule has 27 heavy (non-hydrogen) atoms. The Bertz CT molecular complexity index is 917. The summed E-state index contributed by atoms with van der Waals surface area (Å²) in [5.41, 5.74) is 0.741. The second-order valence-electron chi connectivity index (χ2n) is 5.33. The van der Waals surface area contributed by atoms with Gasteiger partial charge in [0.15, 0.2) is 5.17 Å². The first-order valence-corrected chi connectivity index (χ1v) is 9.37. The fourth-order valence-corrected chi connectivity index (χ4v) is 3.24. The van der Waals surface area contributed by atoms with Crippen LogP contribution in [0.15, 0.2) is 57.3 Å². The van der Waals surface area contributed by atoms with E-state index in [0.29, 0.717) is 11.6 Å². The summed E-state index contributed by atoms with van der Waals surface area (Å²) in [7, 11) is 0. The molecule has 1 aromatic heterocycles. The van der Waals surface area contributed by atoms with E-state index in [0.717, 1.165) is 21.8 Å². The zero-order valence-corrected chi connectivity index (χ0v) is 16.1. The van der Waals surface area contributed by atoms with Gasteiger partial charge in [0.25, 0.3) is 0 Å². The molecule has 3 rings (SSSR count). The van der Waals surface area contributed by atoms with Crippen molar-refractivity contribution in [3.63, 3.8) is 0 Å². The molecule has 2 aromatic rings. The van der Waals surface area contributed by atoms with Crippen LogP contribution >= 0.6 is 27.7 Å². The number of rotatable bonds is 6. The van der Waals surface area contributed by atoms with Gasteiger partial charge in [0.1, 0.15) is 11.0 Å². The molecular weight excluding hydrogens is 436 g/mol. The summed E-state index contributed by atoms with van der Waals surface area (Å²) in [6.45, 7) is 0. The van der Waals surface area contributed by atoms with Crippen LogP contribution in [-0.2, 0) is 9.59 Å². The van der Waals surface area contributed by atoms with Gasteiger partial charge in [-0.1, -0.05) is 23.9 Å². The molecule has 2 N–H and O–H groups in total. The molecule has 138 valence electrons. The summed E-state index contributed by atoms with van der Waals surface area (Å²) in [4.78, 5) is 26.5. The number of hydrogen-bond donors (Lipinski definition) is 2. The largest absolute Gasteiger partial charge is 0.481 e. The Morgan fingerprint density at radius 2 is 2.26 bits per heavy atom. The third-order valence-corrected chi connectivity index (χ3v) is 4.81. The van der Waals surface area contributed by atoms with Crippen molar-refractivity contribution >= 4 is 51.0 Å². The van der Waals surface area contributed by atoms with Gasteiger partial charge in [0, 0.05) is 16.7 Å². The summed E-state index contributed by atoms with van der Waals surface area (Å²) in [5.74, 6) is -0.369. The first kappa shape index (κ1) is 19.1. The summed E-state index contributed by atoms with van der Waals surface area (Å²) in [6, 6.07) is 10.7. The van der Waals surface area contributed by atoms with E-state index < -0.39 is 11.2 Å². The molecule has 2 heterocycles. The maximum Gasteiger partial charge on any atom is 0.305 e. The van der Waals surface area contributed by atoms with E-state index >= 15 is 0 Å². The van der Waals surface area contributed by atoms with Gasteiger partial charge in [-0.05, 0) is 39.7 Å². The van der Waals surface area contributed by atoms with Crippen molar-refractivity contribution in [1.29, 1.82) is 0 Å². The molecule has 0 spiro atoms. The highest BCUT2D eigenvalue weighted by molar-refractivity contribution is 9.10. The predicted molar refractivity (Wildman–Crippen MR) is 105 cm³/mol. The summed E-state index contributed by atoms with van der Waals surface area (Å²) in [6.07, 6.45) is 2.89. The number of thioether (sulfide) groups is 1. The molecule has 1 amide bonds. The first-order chi connectivity index (χ1) is 13.0. The number of halogens is 1. The van der Waals surface area contributed by atoms with Gasteiger partial charge in [-0.2, -0.15) is 5.10 Å². The number of aromatic nitrogens is 1. The third-order valence-electron chi connectivity index (χ3n) is 3.27. The number of nitrogens with zero attached hydrogens (tertiary/aromatic N) is 3. The van der Waals surface area contributed by atoms with Crippen LogP contribution in [0, 0.1) is 0 Å². The molecule has 10 heteroatoms. The number of amidine groups is 1. The van der Waals surface area contributed by atoms with E-state index in [9.17, 15) is 9.59 Å². The molecule has 1 aromatic carbocycles. The maximum absolute atomic E-state index is 11.6. The topological polar surface area (TPSA) is 113 Å². The van der Waals surface area contributed by atoms with E-state index in [1.165, 1.54) is 6.21 Å². The number of carboxylic acid groups (broad SMARTS) is 1. The van der Waals surface area contributed by atoms with E-state index in [1.54, 1.807) is 30.5 Å². The van der Waals surface area contributed by atoms with Crippen LogP contribution in [0.5, 0.6) is 11.6 Å². The summed E-state index contributed by atoms with van der Waals surface area (Å²) >= 11 is 4.36. The van der Waals surface area contributed by atoms with Gasteiger partial charge < -0.3 is 15.2 Å². The number of amides is 1. The van der Waals surface area contributed by atoms with Gasteiger partial charge in [-0.3, -0.25) is 9.59 Å². The SMILES string of the molecule is O=C(O)CC1SC(=NN=Cc2cccc(Oc3ccc(Br)cn3)c2)NC1=O. The Labute approximate surface area is 166 Å². The molecule has 1 aliphatic rings. The monoisotopic (exact) mass is 448 g/mol. The number of carboxylic acids is 1. The van der Waals surface area contributed by atoms with E-state index in [1.807, 2.05) is 12.1 Å². The van der Waals surface area contributed by atoms with Gasteiger partial charge in [0.05, 0.1) is 12.6 Å². The molecule has 1 fully saturated rings. The fourth-order valence-electron chi connectivity index (χ4n) is 2.09. The first-order valence-electron chi connectivity index (χ1n) is 7.69. The Kier molecular flexibility index (Phi) is 6.20. The van der Waals surface area contributed by atoms with Crippen LogP contribution in [0.3, 0.4) is 0 Å². The lowest BCUT2D eigenvalue weighted by Crippen LogP contribution is -2.26. The molecule has 1 atom stereocenters. The summed E-state index contributed by atoms with van der Waals surface area (Å²) in [5, 5.41) is 18.7. The summed E-state index contributed by atoms with van der Waals surface area (Å²) < 4.78 is 6.53. The highest BCUT2D eigenvalue weighted by Gasteiger charge is 2.32.